The molecule has 2 rings (SSSR count). The van der Waals surface area contributed by atoms with E-state index in [4.69, 9.17) is 10.2 Å². The fraction of sp³-hybridized carbons (Fsp3) is 0.0769. The summed E-state index contributed by atoms with van der Waals surface area (Å²) in [5.41, 5.74) is 0.414. The molecule has 0 spiro atoms. The van der Waals surface area contributed by atoms with E-state index in [-0.39, 0.29) is 5.57 Å². The second-order valence-corrected chi connectivity index (χ2v) is 3.70. The molecule has 1 heterocycles. The Morgan fingerprint density at radius 3 is 1.80 bits per heavy atom. The lowest BCUT2D eigenvalue weighted by Crippen LogP contribution is -2.04. The van der Waals surface area contributed by atoms with Gasteiger partial charge in [0.15, 0.2) is 0 Å². The highest BCUT2D eigenvalue weighted by Crippen LogP contribution is 2.18. The van der Waals surface area contributed by atoms with E-state index in [1.165, 1.54) is 0 Å². The zero-order valence-corrected chi connectivity index (χ0v) is 10.2. The van der Waals surface area contributed by atoms with Crippen molar-refractivity contribution in [3.8, 4) is 0 Å². The van der Waals surface area contributed by atoms with Gasteiger partial charge in [0.1, 0.15) is 0 Å². The molecule has 7 heteroatoms. The molecule has 7 nitrogen and oxygen atoms in total. The molecule has 0 saturated carbocycles. The number of rotatable bonds is 3. The van der Waals surface area contributed by atoms with Gasteiger partial charge in [-0.25, -0.2) is 14.4 Å². The summed E-state index contributed by atoms with van der Waals surface area (Å²) in [5.74, 6) is -3.55. The molecule has 0 amide bonds. The SMILES string of the molecule is C=C(CC(=O)O)C(=O)O.O=C1OC(=O)c2ccccc21. The first-order valence-electron chi connectivity index (χ1n) is 5.31. The van der Waals surface area contributed by atoms with E-state index in [2.05, 4.69) is 11.3 Å². The van der Waals surface area contributed by atoms with Gasteiger partial charge in [-0.3, -0.25) is 4.79 Å². The molecule has 0 saturated heterocycles. The third-order valence-electron chi connectivity index (χ3n) is 2.22. The zero-order chi connectivity index (χ0) is 15.3. The van der Waals surface area contributed by atoms with Gasteiger partial charge >= 0.3 is 23.9 Å². The first kappa shape index (κ1) is 15.1. The van der Waals surface area contributed by atoms with Crippen LogP contribution in [0.15, 0.2) is 36.4 Å². The summed E-state index contributed by atoms with van der Waals surface area (Å²) >= 11 is 0. The van der Waals surface area contributed by atoms with Crippen molar-refractivity contribution in [1.82, 2.24) is 0 Å². The number of fused-ring (bicyclic) bond motifs is 1. The molecular weight excluding hydrogens is 268 g/mol. The number of hydrogen-bond donors (Lipinski definition) is 2. The Labute approximate surface area is 113 Å². The minimum atomic E-state index is -1.27. The maximum absolute atomic E-state index is 10.8. The van der Waals surface area contributed by atoms with Crippen molar-refractivity contribution >= 4 is 23.9 Å². The van der Waals surface area contributed by atoms with Gasteiger partial charge < -0.3 is 14.9 Å². The average Bonchev–Trinajstić information content (AvgIpc) is 2.66. The first-order chi connectivity index (χ1) is 9.32. The normalized spacial score (nSPS) is 11.8. The fourth-order valence-corrected chi connectivity index (χ4v) is 1.29. The minimum Gasteiger partial charge on any atom is -0.481 e. The van der Waals surface area contributed by atoms with Crippen LogP contribution in [0.5, 0.6) is 0 Å². The van der Waals surface area contributed by atoms with Crippen LogP contribution in [-0.4, -0.2) is 34.1 Å². The Balaban J connectivity index is 0.000000206. The van der Waals surface area contributed by atoms with Gasteiger partial charge in [-0.05, 0) is 12.1 Å². The maximum atomic E-state index is 10.8. The van der Waals surface area contributed by atoms with E-state index < -0.39 is 30.3 Å². The van der Waals surface area contributed by atoms with Crippen molar-refractivity contribution < 1.29 is 34.1 Å². The summed E-state index contributed by atoms with van der Waals surface area (Å²) in [4.78, 5) is 41.3. The molecule has 1 aliphatic heterocycles. The van der Waals surface area contributed by atoms with Crippen LogP contribution in [0, 0.1) is 0 Å². The molecule has 1 aliphatic rings. The highest BCUT2D eigenvalue weighted by molar-refractivity contribution is 6.14. The summed E-state index contributed by atoms with van der Waals surface area (Å²) < 4.78 is 4.35. The number of cyclic esters (lactones) is 2. The van der Waals surface area contributed by atoms with Crippen LogP contribution >= 0.6 is 0 Å². The zero-order valence-electron chi connectivity index (χ0n) is 10.2. The maximum Gasteiger partial charge on any atom is 0.346 e. The Kier molecular flexibility index (Phi) is 4.74. The van der Waals surface area contributed by atoms with Gasteiger partial charge in [-0.2, -0.15) is 0 Å². The number of ether oxygens (including phenoxy) is 1. The fourth-order valence-electron chi connectivity index (χ4n) is 1.29. The van der Waals surface area contributed by atoms with Gasteiger partial charge in [0, 0.05) is 5.57 Å². The number of esters is 2. The molecule has 0 radical (unpaired) electrons. The predicted molar refractivity (Wildman–Crippen MR) is 65.2 cm³/mol. The van der Waals surface area contributed by atoms with Gasteiger partial charge in [0.2, 0.25) is 0 Å². The first-order valence-corrected chi connectivity index (χ1v) is 5.31. The molecule has 0 bridgehead atoms. The molecule has 0 fully saturated rings. The van der Waals surface area contributed by atoms with Crippen LogP contribution in [0.2, 0.25) is 0 Å². The van der Waals surface area contributed by atoms with Gasteiger partial charge in [0.05, 0.1) is 17.5 Å². The number of carbonyl (C=O) groups excluding carboxylic acids is 2. The van der Waals surface area contributed by atoms with Crippen molar-refractivity contribution in [2.24, 2.45) is 0 Å². The van der Waals surface area contributed by atoms with Crippen molar-refractivity contribution in [3.05, 3.63) is 47.5 Å². The Hall–Kier alpha value is -2.96. The number of carboxylic acids is 2. The number of hydrogen-bond acceptors (Lipinski definition) is 5. The van der Waals surface area contributed by atoms with Crippen LogP contribution in [0.4, 0.5) is 0 Å². The quantitative estimate of drug-likeness (QED) is 0.482. The molecule has 104 valence electrons. The molecule has 20 heavy (non-hydrogen) atoms. The third-order valence-corrected chi connectivity index (χ3v) is 2.22. The average molecular weight is 278 g/mol. The van der Waals surface area contributed by atoms with Gasteiger partial charge in [-0.15, -0.1) is 0 Å². The van der Waals surface area contributed by atoms with E-state index in [1.54, 1.807) is 24.3 Å². The van der Waals surface area contributed by atoms with Gasteiger partial charge in [-0.1, -0.05) is 18.7 Å². The third kappa shape index (κ3) is 3.77. The smallest absolute Gasteiger partial charge is 0.346 e. The van der Waals surface area contributed by atoms with Crippen LogP contribution in [0.1, 0.15) is 27.1 Å². The van der Waals surface area contributed by atoms with Crippen molar-refractivity contribution in [2.45, 2.75) is 6.42 Å². The lowest BCUT2D eigenvalue weighted by Gasteiger charge is -1.91. The highest BCUT2D eigenvalue weighted by Gasteiger charge is 2.28. The number of carbonyl (C=O) groups is 4. The monoisotopic (exact) mass is 278 g/mol. The minimum absolute atomic E-state index is 0.303. The number of aliphatic carboxylic acids is 2. The van der Waals surface area contributed by atoms with Crippen LogP contribution in [0.25, 0.3) is 0 Å². The van der Waals surface area contributed by atoms with E-state index in [0.29, 0.717) is 11.1 Å². The highest BCUT2D eigenvalue weighted by atomic mass is 16.6. The summed E-state index contributed by atoms with van der Waals surface area (Å²) in [6.45, 7) is 3.01. The van der Waals surface area contributed by atoms with E-state index in [0.717, 1.165) is 0 Å². The van der Waals surface area contributed by atoms with Crippen LogP contribution in [0.3, 0.4) is 0 Å². The predicted octanol–water partition coefficient (Wildman–Crippen LogP) is 1.10. The van der Waals surface area contributed by atoms with Crippen molar-refractivity contribution in [2.75, 3.05) is 0 Å². The summed E-state index contributed by atoms with van der Waals surface area (Å²) in [6.07, 6.45) is -0.505. The lowest BCUT2D eigenvalue weighted by molar-refractivity contribution is -0.139. The van der Waals surface area contributed by atoms with Crippen molar-refractivity contribution in [1.29, 1.82) is 0 Å². The Morgan fingerprint density at radius 2 is 1.50 bits per heavy atom. The molecule has 0 aromatic heterocycles. The van der Waals surface area contributed by atoms with Gasteiger partial charge in [0.25, 0.3) is 0 Å². The summed E-state index contributed by atoms with van der Waals surface area (Å²) in [7, 11) is 0. The molecule has 0 aliphatic carbocycles. The van der Waals surface area contributed by atoms with E-state index in [1.807, 2.05) is 0 Å². The molecule has 0 unspecified atom stereocenters. The summed E-state index contributed by atoms with van der Waals surface area (Å²) in [5, 5.41) is 16.1. The van der Waals surface area contributed by atoms with E-state index in [9.17, 15) is 19.2 Å². The molecule has 2 N–H and O–H groups in total. The number of benzene rings is 1. The topological polar surface area (TPSA) is 118 Å². The second kappa shape index (κ2) is 6.28. The Bertz CT molecular complexity index is 567. The summed E-state index contributed by atoms with van der Waals surface area (Å²) in [6, 6.07) is 6.53. The number of carboxylic acid groups (broad SMARTS) is 2. The van der Waals surface area contributed by atoms with Crippen molar-refractivity contribution in [3.63, 3.8) is 0 Å². The second-order valence-electron chi connectivity index (χ2n) is 3.70. The van der Waals surface area contributed by atoms with Crippen LogP contribution in [-0.2, 0) is 14.3 Å². The Morgan fingerprint density at radius 1 is 1.05 bits per heavy atom. The molecular formula is C13H10O7. The largest absolute Gasteiger partial charge is 0.481 e. The molecule has 1 aromatic rings. The standard InChI is InChI=1S/C8H4O3.C5H6O4/c9-7-5-3-1-2-4-6(5)8(10)11-7;1-3(5(8)9)2-4(6)7/h1-4H;1-2H2,(H,6,7)(H,8,9). The molecule has 1 aromatic carbocycles. The lowest BCUT2D eigenvalue weighted by atomic mass is 10.1. The van der Waals surface area contributed by atoms with Crippen LogP contribution < -0.4 is 0 Å². The molecule has 0 atom stereocenters. The van der Waals surface area contributed by atoms with E-state index >= 15 is 0 Å².